The molecular weight excluding hydrogens is 516 g/mol. The Labute approximate surface area is 226 Å². The van der Waals surface area contributed by atoms with E-state index in [4.69, 9.17) is 33.7 Å². The summed E-state index contributed by atoms with van der Waals surface area (Å²) < 4.78 is 19.5. The molecule has 9 heteroatoms. The van der Waals surface area contributed by atoms with Gasteiger partial charge in [0.05, 0.1) is 19.6 Å². The van der Waals surface area contributed by atoms with Crippen LogP contribution >= 0.6 is 23.2 Å². The lowest BCUT2D eigenvalue weighted by Gasteiger charge is -2.31. The smallest absolute Gasteiger partial charge is 0.309 e. The number of amides is 1. The first kappa shape index (κ1) is 28.6. The van der Waals surface area contributed by atoms with Crippen molar-refractivity contribution < 1.29 is 18.7 Å². The summed E-state index contributed by atoms with van der Waals surface area (Å²) in [5, 5.41) is 7.07. The van der Waals surface area contributed by atoms with Gasteiger partial charge in [-0.15, -0.1) is 0 Å². The monoisotopic (exact) mass is 545 g/mol. The highest BCUT2D eigenvalue weighted by Gasteiger charge is 2.33. The summed E-state index contributed by atoms with van der Waals surface area (Å²) in [5.41, 5.74) is 8.11. The standard InChI is InChI=1S/C28H30Cl2FN3O3/c1-17(16-32)33-27(28(36)34-21-7-5-6-18(12-21)13-26(35)37-2)23(22-8-3-4-9-24(22)30)15-19-14-20(29)10-11-25(19)31/h3-12,14,17,23,27,33H,13,15-16,32H2,1-2H3,(H,34,36)/t17?,23-,27+/m0/s1. The van der Waals surface area contributed by atoms with E-state index in [1.54, 1.807) is 42.5 Å². The Morgan fingerprint density at radius 3 is 2.51 bits per heavy atom. The number of hydrogen-bond acceptors (Lipinski definition) is 5. The van der Waals surface area contributed by atoms with E-state index < -0.39 is 17.8 Å². The van der Waals surface area contributed by atoms with Gasteiger partial charge in [0.25, 0.3) is 0 Å². The molecule has 3 aromatic carbocycles. The van der Waals surface area contributed by atoms with Crippen molar-refractivity contribution in [2.24, 2.45) is 5.73 Å². The minimum absolute atomic E-state index is 0.0718. The van der Waals surface area contributed by atoms with Crippen LogP contribution in [0.15, 0.2) is 66.7 Å². The minimum atomic E-state index is -0.832. The highest BCUT2D eigenvalue weighted by atomic mass is 35.5. The van der Waals surface area contributed by atoms with Crippen molar-refractivity contribution in [2.75, 3.05) is 19.0 Å². The highest BCUT2D eigenvalue weighted by Crippen LogP contribution is 2.32. The van der Waals surface area contributed by atoms with Gasteiger partial charge in [0.15, 0.2) is 0 Å². The van der Waals surface area contributed by atoms with Crippen molar-refractivity contribution in [1.82, 2.24) is 5.32 Å². The van der Waals surface area contributed by atoms with Crippen LogP contribution in [-0.2, 0) is 27.2 Å². The molecule has 1 amide bonds. The first-order valence-corrected chi connectivity index (χ1v) is 12.6. The summed E-state index contributed by atoms with van der Waals surface area (Å²) in [7, 11) is 1.32. The molecule has 4 N–H and O–H groups in total. The first-order valence-electron chi connectivity index (χ1n) is 11.8. The minimum Gasteiger partial charge on any atom is -0.469 e. The lowest BCUT2D eigenvalue weighted by atomic mass is 9.84. The molecule has 0 fully saturated rings. The Morgan fingerprint density at radius 2 is 1.81 bits per heavy atom. The second-order valence-corrected chi connectivity index (χ2v) is 9.64. The van der Waals surface area contributed by atoms with Crippen LogP contribution in [0.2, 0.25) is 10.0 Å². The molecule has 196 valence electrons. The number of nitrogens with two attached hydrogens (primary N) is 1. The second kappa shape index (κ2) is 13.5. The molecule has 3 rings (SSSR count). The third-order valence-corrected chi connectivity index (χ3v) is 6.60. The molecule has 0 spiro atoms. The number of esters is 1. The zero-order chi connectivity index (χ0) is 26.9. The van der Waals surface area contributed by atoms with Crippen LogP contribution in [0.5, 0.6) is 0 Å². The average Bonchev–Trinajstić information content (AvgIpc) is 2.88. The van der Waals surface area contributed by atoms with Gasteiger partial charge in [-0.3, -0.25) is 9.59 Å². The number of carbonyl (C=O) groups is 2. The zero-order valence-corrected chi connectivity index (χ0v) is 22.2. The van der Waals surface area contributed by atoms with Gasteiger partial charge in [-0.2, -0.15) is 0 Å². The van der Waals surface area contributed by atoms with E-state index in [1.807, 2.05) is 19.1 Å². The molecule has 0 saturated carbocycles. The number of carbonyl (C=O) groups excluding carboxylic acids is 2. The summed E-state index contributed by atoms with van der Waals surface area (Å²) in [6.07, 6.45) is 0.225. The SMILES string of the molecule is COC(=O)Cc1cccc(NC(=O)[C@H](NC(C)CN)[C@@H](Cc2cc(Cl)ccc2F)c2ccccc2Cl)c1. The van der Waals surface area contributed by atoms with Gasteiger partial charge in [-0.05, 0) is 66.4 Å². The number of benzene rings is 3. The number of methoxy groups -OCH3 is 1. The number of hydrogen-bond donors (Lipinski definition) is 3. The van der Waals surface area contributed by atoms with E-state index in [0.717, 1.165) is 0 Å². The van der Waals surface area contributed by atoms with E-state index in [2.05, 4.69) is 10.6 Å². The van der Waals surface area contributed by atoms with E-state index in [1.165, 1.54) is 19.2 Å². The summed E-state index contributed by atoms with van der Waals surface area (Å²) in [6, 6.07) is 17.4. The molecule has 3 atom stereocenters. The van der Waals surface area contributed by atoms with E-state index in [-0.39, 0.29) is 37.3 Å². The van der Waals surface area contributed by atoms with Crippen molar-refractivity contribution in [2.45, 2.75) is 37.8 Å². The average molecular weight is 546 g/mol. The van der Waals surface area contributed by atoms with Crippen molar-refractivity contribution in [1.29, 1.82) is 0 Å². The molecule has 6 nitrogen and oxygen atoms in total. The molecule has 0 radical (unpaired) electrons. The number of anilines is 1. The zero-order valence-electron chi connectivity index (χ0n) is 20.6. The fourth-order valence-electron chi connectivity index (χ4n) is 4.09. The van der Waals surface area contributed by atoms with E-state index >= 15 is 0 Å². The second-order valence-electron chi connectivity index (χ2n) is 8.79. The maximum absolute atomic E-state index is 14.8. The number of ether oxygens (including phenoxy) is 1. The molecule has 3 aromatic rings. The molecule has 0 saturated heterocycles. The molecule has 0 aromatic heterocycles. The summed E-state index contributed by atoms with van der Waals surface area (Å²) in [5.74, 6) is -1.73. The summed E-state index contributed by atoms with van der Waals surface area (Å²) in [6.45, 7) is 2.14. The van der Waals surface area contributed by atoms with Crippen LogP contribution in [-0.4, -0.2) is 37.6 Å². The van der Waals surface area contributed by atoms with Crippen LogP contribution in [0.4, 0.5) is 10.1 Å². The van der Waals surface area contributed by atoms with Crippen LogP contribution < -0.4 is 16.4 Å². The van der Waals surface area contributed by atoms with Gasteiger partial charge in [0, 0.05) is 34.2 Å². The normalized spacial score (nSPS) is 13.5. The Morgan fingerprint density at radius 1 is 1.05 bits per heavy atom. The molecule has 0 heterocycles. The van der Waals surface area contributed by atoms with Crippen LogP contribution in [0.25, 0.3) is 0 Å². The van der Waals surface area contributed by atoms with Crippen LogP contribution in [0.3, 0.4) is 0 Å². The molecule has 0 aliphatic rings. The van der Waals surface area contributed by atoms with Crippen molar-refractivity contribution in [3.8, 4) is 0 Å². The number of rotatable bonds is 11. The molecule has 0 bridgehead atoms. The van der Waals surface area contributed by atoms with Gasteiger partial charge < -0.3 is 21.1 Å². The molecule has 0 aliphatic carbocycles. The van der Waals surface area contributed by atoms with Crippen molar-refractivity contribution >= 4 is 40.8 Å². The van der Waals surface area contributed by atoms with E-state index in [0.29, 0.717) is 32.4 Å². The predicted molar refractivity (Wildman–Crippen MR) is 146 cm³/mol. The molecule has 1 unspecified atom stereocenters. The van der Waals surface area contributed by atoms with Crippen molar-refractivity contribution in [3.05, 3.63) is 99.3 Å². The highest BCUT2D eigenvalue weighted by molar-refractivity contribution is 6.31. The van der Waals surface area contributed by atoms with Gasteiger partial charge in [-0.1, -0.05) is 53.5 Å². The third-order valence-electron chi connectivity index (χ3n) is 6.03. The lowest BCUT2D eigenvalue weighted by molar-refractivity contribution is -0.139. The van der Waals surface area contributed by atoms with Crippen molar-refractivity contribution in [3.63, 3.8) is 0 Å². The maximum Gasteiger partial charge on any atom is 0.309 e. The Kier molecular flexibility index (Phi) is 10.5. The maximum atomic E-state index is 14.8. The number of nitrogens with one attached hydrogen (secondary N) is 2. The fraction of sp³-hybridized carbons (Fsp3) is 0.286. The third kappa shape index (κ3) is 8.01. The first-order chi connectivity index (χ1) is 17.7. The molecule has 0 aliphatic heterocycles. The van der Waals surface area contributed by atoms with Gasteiger partial charge in [0.1, 0.15) is 5.82 Å². The topological polar surface area (TPSA) is 93.4 Å². The molecule has 37 heavy (non-hydrogen) atoms. The Bertz CT molecular complexity index is 1240. The Balaban J connectivity index is 2.00. The van der Waals surface area contributed by atoms with Gasteiger partial charge >= 0.3 is 5.97 Å². The fourth-order valence-corrected chi connectivity index (χ4v) is 4.56. The predicted octanol–water partition coefficient (Wildman–Crippen LogP) is 5.12. The van der Waals surface area contributed by atoms with Gasteiger partial charge in [0.2, 0.25) is 5.91 Å². The van der Waals surface area contributed by atoms with Crippen LogP contribution in [0, 0.1) is 5.82 Å². The quantitative estimate of drug-likeness (QED) is 0.291. The summed E-state index contributed by atoms with van der Waals surface area (Å²) >= 11 is 12.7. The largest absolute Gasteiger partial charge is 0.469 e. The molecular formula is C28H30Cl2FN3O3. The summed E-state index contributed by atoms with van der Waals surface area (Å²) in [4.78, 5) is 25.4. The lowest BCUT2D eigenvalue weighted by Crippen LogP contribution is -2.51. The van der Waals surface area contributed by atoms with E-state index in [9.17, 15) is 14.0 Å². The number of halogens is 3. The van der Waals surface area contributed by atoms with Crippen LogP contribution in [0.1, 0.15) is 29.5 Å². The Hall–Kier alpha value is -2.97. The van der Waals surface area contributed by atoms with Gasteiger partial charge in [-0.25, -0.2) is 4.39 Å².